The summed E-state index contributed by atoms with van der Waals surface area (Å²) in [6.07, 6.45) is 71.3. The monoisotopic (exact) mass is 967 g/mol. The Hall–Kier alpha value is -2.63. The molecule has 0 aliphatic carbocycles. The van der Waals surface area contributed by atoms with E-state index in [1.165, 1.54) is 193 Å². The van der Waals surface area contributed by atoms with E-state index in [9.17, 15) is 14.4 Å². The highest BCUT2D eigenvalue weighted by molar-refractivity contribution is 5.71. The van der Waals surface area contributed by atoms with Crippen molar-refractivity contribution in [2.75, 3.05) is 13.2 Å². The largest absolute Gasteiger partial charge is 0.462 e. The van der Waals surface area contributed by atoms with Crippen LogP contribution in [0.2, 0.25) is 0 Å². The molecule has 402 valence electrons. The summed E-state index contributed by atoms with van der Waals surface area (Å²) in [5.74, 6) is -0.911. The van der Waals surface area contributed by atoms with E-state index in [1.807, 2.05) is 0 Å². The number of hydrogen-bond donors (Lipinski definition) is 0. The maximum atomic E-state index is 12.8. The van der Waals surface area contributed by atoms with Crippen LogP contribution in [-0.4, -0.2) is 37.2 Å². The van der Waals surface area contributed by atoms with Crippen molar-refractivity contribution in [3.63, 3.8) is 0 Å². The molecular weight excluding hydrogens is 853 g/mol. The summed E-state index contributed by atoms with van der Waals surface area (Å²) >= 11 is 0. The van der Waals surface area contributed by atoms with E-state index < -0.39 is 6.10 Å². The fourth-order valence-corrected chi connectivity index (χ4v) is 8.85. The molecule has 0 radical (unpaired) electrons. The molecule has 0 amide bonds. The first kappa shape index (κ1) is 66.4. The molecular formula is C63H114O6. The molecule has 0 spiro atoms. The van der Waals surface area contributed by atoms with Crippen LogP contribution in [0.5, 0.6) is 0 Å². The minimum Gasteiger partial charge on any atom is -0.462 e. The Bertz CT molecular complexity index is 1200. The molecule has 0 N–H and O–H groups in total. The Morgan fingerprint density at radius 2 is 0.565 bits per heavy atom. The van der Waals surface area contributed by atoms with Crippen molar-refractivity contribution in [2.45, 2.75) is 322 Å². The lowest BCUT2D eigenvalue weighted by Crippen LogP contribution is -2.30. The van der Waals surface area contributed by atoms with Gasteiger partial charge in [0.05, 0.1) is 0 Å². The number of rotatable bonds is 55. The molecule has 1 unspecified atom stereocenters. The van der Waals surface area contributed by atoms with Gasteiger partial charge in [-0.15, -0.1) is 0 Å². The first-order chi connectivity index (χ1) is 34.0. The highest BCUT2D eigenvalue weighted by Gasteiger charge is 2.19. The number of carbonyl (C=O) groups is 3. The maximum Gasteiger partial charge on any atom is 0.306 e. The average Bonchev–Trinajstić information content (AvgIpc) is 3.35. The summed E-state index contributed by atoms with van der Waals surface area (Å²) in [5.41, 5.74) is 0. The van der Waals surface area contributed by atoms with Crippen LogP contribution >= 0.6 is 0 Å². The molecule has 0 aromatic rings. The second kappa shape index (κ2) is 57.9. The van der Waals surface area contributed by atoms with Crippen LogP contribution in [0.3, 0.4) is 0 Å². The van der Waals surface area contributed by atoms with Gasteiger partial charge in [0.1, 0.15) is 13.2 Å². The highest BCUT2D eigenvalue weighted by atomic mass is 16.6. The Balaban J connectivity index is 4.26. The van der Waals surface area contributed by atoms with Crippen LogP contribution in [0.1, 0.15) is 316 Å². The molecule has 69 heavy (non-hydrogen) atoms. The summed E-state index contributed by atoms with van der Waals surface area (Å²) < 4.78 is 16.8. The fraction of sp³-hybridized carbons (Fsp3) is 0.825. The minimum absolute atomic E-state index is 0.0855. The van der Waals surface area contributed by atoms with Crippen LogP contribution < -0.4 is 0 Å². The molecule has 0 heterocycles. The smallest absolute Gasteiger partial charge is 0.306 e. The van der Waals surface area contributed by atoms with Crippen molar-refractivity contribution in [1.29, 1.82) is 0 Å². The number of carbonyl (C=O) groups excluding carboxylic acids is 3. The summed E-state index contributed by atoms with van der Waals surface area (Å²) in [6.45, 7) is 6.53. The van der Waals surface area contributed by atoms with Gasteiger partial charge < -0.3 is 14.2 Å². The summed E-state index contributed by atoms with van der Waals surface area (Å²) in [4.78, 5) is 38.1. The van der Waals surface area contributed by atoms with Gasteiger partial charge in [0.15, 0.2) is 6.10 Å². The van der Waals surface area contributed by atoms with Crippen molar-refractivity contribution >= 4 is 17.9 Å². The van der Waals surface area contributed by atoms with E-state index in [0.29, 0.717) is 19.3 Å². The van der Waals surface area contributed by atoms with Crippen molar-refractivity contribution in [1.82, 2.24) is 0 Å². The predicted octanol–water partition coefficient (Wildman–Crippen LogP) is 20.2. The van der Waals surface area contributed by atoms with E-state index >= 15 is 0 Å². The summed E-state index contributed by atoms with van der Waals surface area (Å²) in [5, 5.41) is 0. The van der Waals surface area contributed by atoms with Crippen LogP contribution in [0, 0.1) is 0 Å². The Labute approximate surface area is 428 Å². The van der Waals surface area contributed by atoms with Crippen molar-refractivity contribution in [3.8, 4) is 0 Å². The Morgan fingerprint density at radius 3 is 0.884 bits per heavy atom. The highest BCUT2D eigenvalue weighted by Crippen LogP contribution is 2.17. The van der Waals surface area contributed by atoms with E-state index in [0.717, 1.165) is 77.0 Å². The molecule has 6 nitrogen and oxygen atoms in total. The molecule has 0 fully saturated rings. The van der Waals surface area contributed by atoms with Gasteiger partial charge in [-0.3, -0.25) is 14.4 Å². The number of unbranched alkanes of at least 4 members (excludes halogenated alkanes) is 36. The van der Waals surface area contributed by atoms with Gasteiger partial charge in [-0.2, -0.15) is 0 Å². The average molecular weight is 968 g/mol. The zero-order chi connectivity index (χ0) is 50.0. The predicted molar refractivity (Wildman–Crippen MR) is 298 cm³/mol. The molecule has 0 rings (SSSR count). The summed E-state index contributed by atoms with van der Waals surface area (Å²) in [7, 11) is 0. The van der Waals surface area contributed by atoms with E-state index in [2.05, 4.69) is 69.4 Å². The molecule has 0 aliphatic rings. The topological polar surface area (TPSA) is 78.9 Å². The summed E-state index contributed by atoms with van der Waals surface area (Å²) in [6, 6.07) is 0. The molecule has 6 heteroatoms. The van der Waals surface area contributed by atoms with E-state index in [-0.39, 0.29) is 37.5 Å². The first-order valence-corrected chi connectivity index (χ1v) is 30.1. The maximum absolute atomic E-state index is 12.8. The molecule has 0 aromatic heterocycles. The standard InChI is InChI=1S/C63H114O6/c1-4-7-10-13-16-19-22-25-27-28-29-30-31-32-33-34-35-37-38-41-44-47-50-53-56-62(65)68-59-60(58-67-61(64)55-52-49-46-43-40-24-21-18-15-12-9-6-3)69-63(66)57-54-51-48-45-42-39-36-26-23-20-17-14-11-8-5-2/h8,11,17,20,26,36,42,45,60H,4-7,9-10,12-16,18-19,21-25,27-35,37-41,43-44,46-59H2,1-3H3/b11-8-,20-17-,36-26-,45-42-. The van der Waals surface area contributed by atoms with Gasteiger partial charge in [-0.25, -0.2) is 0 Å². The van der Waals surface area contributed by atoms with Crippen LogP contribution in [-0.2, 0) is 28.6 Å². The van der Waals surface area contributed by atoms with Crippen molar-refractivity contribution in [3.05, 3.63) is 48.6 Å². The Morgan fingerprint density at radius 1 is 0.304 bits per heavy atom. The lowest BCUT2D eigenvalue weighted by atomic mass is 10.0. The third kappa shape index (κ3) is 56.2. The molecule has 0 aliphatic heterocycles. The second-order valence-corrected chi connectivity index (χ2v) is 20.2. The van der Waals surface area contributed by atoms with Crippen molar-refractivity contribution < 1.29 is 28.6 Å². The quantitative estimate of drug-likeness (QED) is 0.0262. The van der Waals surface area contributed by atoms with Crippen LogP contribution in [0.4, 0.5) is 0 Å². The third-order valence-electron chi connectivity index (χ3n) is 13.3. The van der Waals surface area contributed by atoms with Gasteiger partial charge in [0, 0.05) is 19.3 Å². The Kier molecular flexibility index (Phi) is 55.7. The lowest BCUT2D eigenvalue weighted by molar-refractivity contribution is -0.167. The van der Waals surface area contributed by atoms with Crippen LogP contribution in [0.15, 0.2) is 48.6 Å². The van der Waals surface area contributed by atoms with Crippen molar-refractivity contribution in [2.24, 2.45) is 0 Å². The second-order valence-electron chi connectivity index (χ2n) is 20.2. The van der Waals surface area contributed by atoms with Gasteiger partial charge in [0.2, 0.25) is 0 Å². The normalized spacial score (nSPS) is 12.3. The zero-order valence-corrected chi connectivity index (χ0v) is 46.1. The first-order valence-electron chi connectivity index (χ1n) is 30.1. The molecule has 0 aromatic carbocycles. The zero-order valence-electron chi connectivity index (χ0n) is 46.1. The van der Waals surface area contributed by atoms with Crippen LogP contribution in [0.25, 0.3) is 0 Å². The third-order valence-corrected chi connectivity index (χ3v) is 13.3. The molecule has 0 saturated heterocycles. The number of ether oxygens (including phenoxy) is 3. The molecule has 0 bridgehead atoms. The number of hydrogen-bond acceptors (Lipinski definition) is 6. The minimum atomic E-state index is -0.791. The van der Waals surface area contributed by atoms with Gasteiger partial charge >= 0.3 is 17.9 Å². The van der Waals surface area contributed by atoms with Gasteiger partial charge in [0.25, 0.3) is 0 Å². The van der Waals surface area contributed by atoms with E-state index in [4.69, 9.17) is 14.2 Å². The SMILES string of the molecule is CC/C=C\C/C=C\C/C=C\C/C=C\CCCCC(=O)OC(COC(=O)CCCCCCCCCCCCCC)COC(=O)CCCCCCCCCCCCCCCCCCCCCCCCCC. The van der Waals surface area contributed by atoms with E-state index in [1.54, 1.807) is 0 Å². The number of allylic oxidation sites excluding steroid dienone is 8. The fourth-order valence-electron chi connectivity index (χ4n) is 8.85. The molecule has 0 saturated carbocycles. The van der Waals surface area contributed by atoms with Gasteiger partial charge in [-0.05, 0) is 57.8 Å². The number of esters is 3. The van der Waals surface area contributed by atoms with Gasteiger partial charge in [-0.1, -0.05) is 288 Å². The lowest BCUT2D eigenvalue weighted by Gasteiger charge is -2.18. The molecule has 1 atom stereocenters.